The van der Waals surface area contributed by atoms with Crippen LogP contribution in [0.15, 0.2) is 84.8 Å². The molecule has 0 aliphatic carbocycles. The molecule has 196 valence electrons. The molecular weight excluding hydrogens is 514 g/mol. The van der Waals surface area contributed by atoms with E-state index in [9.17, 15) is 15.2 Å². The molecule has 1 aromatic heterocycles. The lowest BCUT2D eigenvalue weighted by Crippen LogP contribution is -2.34. The van der Waals surface area contributed by atoms with Crippen LogP contribution >= 0.6 is 11.6 Å². The van der Waals surface area contributed by atoms with Gasteiger partial charge < -0.3 is 26.6 Å². The molecule has 0 fully saturated rings. The van der Waals surface area contributed by atoms with Crippen molar-refractivity contribution < 1.29 is 9.90 Å². The molecule has 3 aromatic carbocycles. The first-order chi connectivity index (χ1) is 19.0. The number of nitrogens with zero attached hydrogens (tertiary/aromatic N) is 2. The number of hydrogen-bond donors (Lipinski definition) is 6. The topological polar surface area (TPSA) is 134 Å². The lowest BCUT2D eigenvalue weighted by Gasteiger charge is -2.24. The number of carbonyl (C=O) groups is 1. The Morgan fingerprint density at radius 1 is 1.10 bits per heavy atom. The van der Waals surface area contributed by atoms with Crippen molar-refractivity contribution in [3.05, 3.63) is 112 Å². The van der Waals surface area contributed by atoms with Gasteiger partial charge in [-0.1, -0.05) is 61.0 Å². The third-order valence-corrected chi connectivity index (χ3v) is 6.86. The van der Waals surface area contributed by atoms with Crippen molar-refractivity contribution in [1.82, 2.24) is 21.4 Å². The van der Waals surface area contributed by atoms with Crippen LogP contribution in [0.1, 0.15) is 52.5 Å². The van der Waals surface area contributed by atoms with E-state index in [-0.39, 0.29) is 11.6 Å². The van der Waals surface area contributed by atoms with E-state index >= 15 is 0 Å². The molecule has 0 amide bonds. The van der Waals surface area contributed by atoms with Gasteiger partial charge in [0.1, 0.15) is 6.07 Å². The third kappa shape index (κ3) is 5.43. The molecule has 1 aliphatic rings. The molecule has 2 atom stereocenters. The Morgan fingerprint density at radius 3 is 2.59 bits per heavy atom. The number of aromatic nitrogens is 1. The highest BCUT2D eigenvalue weighted by molar-refractivity contribution is 6.35. The summed E-state index contributed by atoms with van der Waals surface area (Å²) in [5.41, 5.74) is 13.8. The molecule has 9 nitrogen and oxygen atoms in total. The Morgan fingerprint density at radius 2 is 1.90 bits per heavy atom. The van der Waals surface area contributed by atoms with Crippen molar-refractivity contribution in [2.24, 2.45) is 0 Å². The maximum absolute atomic E-state index is 11.6. The molecule has 0 spiro atoms. The van der Waals surface area contributed by atoms with E-state index in [1.54, 1.807) is 30.5 Å². The molecule has 0 saturated carbocycles. The molecule has 39 heavy (non-hydrogen) atoms. The summed E-state index contributed by atoms with van der Waals surface area (Å²) in [5.74, 6) is -1.01. The van der Waals surface area contributed by atoms with Crippen LogP contribution < -0.4 is 27.0 Å². The average Bonchev–Trinajstić information content (AvgIpc) is 3.50. The first-order valence-corrected chi connectivity index (χ1v) is 12.8. The number of halogens is 1. The van der Waals surface area contributed by atoms with Gasteiger partial charge in [-0.25, -0.2) is 4.79 Å². The minimum absolute atomic E-state index is 0.0317. The Bertz CT molecular complexity index is 1600. The van der Waals surface area contributed by atoms with Gasteiger partial charge in [0.25, 0.3) is 0 Å². The summed E-state index contributed by atoms with van der Waals surface area (Å²) in [5, 5.41) is 27.6. The van der Waals surface area contributed by atoms with Crippen molar-refractivity contribution in [1.29, 1.82) is 5.26 Å². The number of nitriles is 1. The Labute approximate surface area is 230 Å². The fourth-order valence-corrected chi connectivity index (χ4v) is 4.90. The molecule has 0 bridgehead atoms. The second kappa shape index (κ2) is 11.3. The van der Waals surface area contributed by atoms with Crippen LogP contribution in [0.2, 0.25) is 5.02 Å². The zero-order valence-electron chi connectivity index (χ0n) is 21.0. The number of rotatable bonds is 9. The molecule has 0 radical (unpaired) electrons. The van der Waals surface area contributed by atoms with E-state index in [0.29, 0.717) is 32.9 Å². The number of carboxylic acids is 1. The van der Waals surface area contributed by atoms with Gasteiger partial charge >= 0.3 is 5.97 Å². The van der Waals surface area contributed by atoms with E-state index < -0.39 is 12.0 Å². The minimum Gasteiger partial charge on any atom is -0.478 e. The predicted octanol–water partition coefficient (Wildman–Crippen LogP) is 5.63. The van der Waals surface area contributed by atoms with Crippen LogP contribution in [-0.4, -0.2) is 16.1 Å². The Balaban J connectivity index is 1.59. The third-order valence-electron chi connectivity index (χ3n) is 6.57. The van der Waals surface area contributed by atoms with Crippen LogP contribution in [0, 0.1) is 11.3 Å². The van der Waals surface area contributed by atoms with Gasteiger partial charge in [0.2, 0.25) is 0 Å². The first-order valence-electron chi connectivity index (χ1n) is 12.4. The van der Waals surface area contributed by atoms with Crippen molar-refractivity contribution in [2.45, 2.75) is 25.4 Å². The summed E-state index contributed by atoms with van der Waals surface area (Å²) in [7, 11) is 0. The highest BCUT2D eigenvalue weighted by Gasteiger charge is 2.22. The van der Waals surface area contributed by atoms with E-state index in [1.165, 1.54) is 6.20 Å². The number of pyridine rings is 1. The maximum atomic E-state index is 11.6. The minimum atomic E-state index is -1.01. The van der Waals surface area contributed by atoms with Crippen molar-refractivity contribution in [2.75, 3.05) is 10.6 Å². The lowest BCUT2D eigenvalue weighted by atomic mass is 10.00. The number of hydrazine groups is 2. The van der Waals surface area contributed by atoms with Gasteiger partial charge in [0.05, 0.1) is 45.1 Å². The predicted molar refractivity (Wildman–Crippen MR) is 152 cm³/mol. The van der Waals surface area contributed by atoms with E-state index in [2.05, 4.69) is 57.1 Å². The van der Waals surface area contributed by atoms with Gasteiger partial charge in [0, 0.05) is 23.5 Å². The summed E-state index contributed by atoms with van der Waals surface area (Å²) >= 11 is 6.73. The number of fused-ring (bicyclic) bond motifs is 1. The van der Waals surface area contributed by atoms with E-state index in [1.807, 2.05) is 30.3 Å². The average molecular weight is 540 g/mol. The highest BCUT2D eigenvalue weighted by atomic mass is 35.5. The van der Waals surface area contributed by atoms with Crippen molar-refractivity contribution in [3.63, 3.8) is 0 Å². The lowest BCUT2D eigenvalue weighted by molar-refractivity contribution is 0.0696. The van der Waals surface area contributed by atoms with Gasteiger partial charge in [-0.15, -0.1) is 0 Å². The number of anilines is 2. The van der Waals surface area contributed by atoms with Crippen LogP contribution in [0.25, 0.3) is 10.9 Å². The largest absolute Gasteiger partial charge is 0.478 e. The summed E-state index contributed by atoms with van der Waals surface area (Å²) < 4.78 is 0. The quantitative estimate of drug-likeness (QED) is 0.160. The highest BCUT2D eigenvalue weighted by Crippen LogP contribution is 2.37. The number of carboxylic acid groups (broad SMARTS) is 1. The SMILES string of the molecule is CC[C@@H](Nc1c(C#N)cnc2c(Cl)cc(N[C@H](C3=CNNN3)c3cccc(C(=O)O)c3)cc12)c1ccccc1. The monoisotopic (exact) mass is 539 g/mol. The van der Waals surface area contributed by atoms with Gasteiger partial charge in [-0.3, -0.25) is 4.98 Å². The smallest absolute Gasteiger partial charge is 0.335 e. The van der Waals surface area contributed by atoms with Gasteiger partial charge in [-0.05, 0) is 41.8 Å². The molecule has 6 N–H and O–H groups in total. The van der Waals surface area contributed by atoms with Crippen LogP contribution in [0.3, 0.4) is 0 Å². The Kier molecular flexibility index (Phi) is 7.50. The normalized spacial score (nSPS) is 13.9. The van der Waals surface area contributed by atoms with Crippen LogP contribution in [0.5, 0.6) is 0 Å². The summed E-state index contributed by atoms with van der Waals surface area (Å²) in [6.07, 6.45) is 4.08. The van der Waals surface area contributed by atoms with Crippen molar-refractivity contribution in [3.8, 4) is 6.07 Å². The number of aromatic carboxylic acids is 1. The zero-order chi connectivity index (χ0) is 27.4. The van der Waals surface area contributed by atoms with E-state index in [4.69, 9.17) is 11.6 Å². The molecule has 0 saturated heterocycles. The molecule has 4 aromatic rings. The van der Waals surface area contributed by atoms with Gasteiger partial charge in [-0.2, -0.15) is 10.8 Å². The molecule has 5 rings (SSSR count). The fraction of sp³-hybridized carbons (Fsp3) is 0.138. The molecule has 0 unspecified atom stereocenters. The van der Waals surface area contributed by atoms with Crippen LogP contribution in [-0.2, 0) is 0 Å². The summed E-state index contributed by atoms with van der Waals surface area (Å²) in [4.78, 5) is 16.1. The second-order valence-electron chi connectivity index (χ2n) is 9.03. The van der Waals surface area contributed by atoms with Crippen molar-refractivity contribution >= 4 is 39.8 Å². The summed E-state index contributed by atoms with van der Waals surface area (Å²) in [6.45, 7) is 2.08. The molecule has 10 heteroatoms. The molecule has 2 heterocycles. The second-order valence-corrected chi connectivity index (χ2v) is 9.44. The number of benzene rings is 3. The van der Waals surface area contributed by atoms with Gasteiger partial charge in [0.15, 0.2) is 0 Å². The Hall–Kier alpha value is -4.78. The maximum Gasteiger partial charge on any atom is 0.335 e. The summed E-state index contributed by atoms with van der Waals surface area (Å²) in [6, 6.07) is 22.2. The first kappa shape index (κ1) is 25.9. The number of hydrogen-bond acceptors (Lipinski definition) is 8. The molecule has 1 aliphatic heterocycles. The molecular formula is C29H26ClN7O2. The standard InChI is InChI=1S/C29H26ClN7O2/c1-2-24(17-7-4-3-5-8-17)35-26-20(14-31)15-32-28-22(26)12-21(13-23(28)30)34-27(25-16-33-37-36-25)18-9-6-10-19(11-18)29(38)39/h3-13,15-16,24,27,33-34,36-37H,2H2,1H3,(H,32,35)(H,38,39)/t24-,27+/m1/s1. The van der Waals surface area contributed by atoms with E-state index in [0.717, 1.165) is 23.2 Å². The zero-order valence-corrected chi connectivity index (χ0v) is 21.8. The number of nitrogens with one attached hydrogen (secondary N) is 5. The fourth-order valence-electron chi connectivity index (χ4n) is 4.64. The van der Waals surface area contributed by atoms with Crippen LogP contribution in [0.4, 0.5) is 11.4 Å².